The first-order valence-electron chi connectivity index (χ1n) is 7.00. The average molecular weight is 312 g/mol. The largest absolute Gasteiger partial charge is 0.506 e. The Morgan fingerprint density at radius 3 is 2.91 bits per heavy atom. The minimum absolute atomic E-state index is 0.186. The van der Waals surface area contributed by atoms with Gasteiger partial charge in [0.1, 0.15) is 17.9 Å². The molecule has 8 nitrogen and oxygen atoms in total. The van der Waals surface area contributed by atoms with Crippen LogP contribution < -0.4 is 5.32 Å². The second-order valence-electron chi connectivity index (χ2n) is 5.27. The van der Waals surface area contributed by atoms with E-state index in [1.807, 2.05) is 0 Å². The van der Waals surface area contributed by atoms with Crippen LogP contribution in [0.5, 0.6) is 0 Å². The van der Waals surface area contributed by atoms with Crippen molar-refractivity contribution in [2.24, 2.45) is 0 Å². The molecule has 23 heavy (non-hydrogen) atoms. The van der Waals surface area contributed by atoms with Crippen LogP contribution in [-0.2, 0) is 9.53 Å². The van der Waals surface area contributed by atoms with E-state index in [9.17, 15) is 15.0 Å². The van der Waals surface area contributed by atoms with E-state index in [-0.39, 0.29) is 17.2 Å². The molecule has 0 spiro atoms. The monoisotopic (exact) mass is 312 g/mol. The molecule has 4 rings (SSSR count). The molecule has 3 aliphatic rings. The molecule has 2 bridgehead atoms. The highest BCUT2D eigenvalue weighted by Crippen LogP contribution is 2.36. The molecule has 0 radical (unpaired) electrons. The summed E-state index contributed by atoms with van der Waals surface area (Å²) >= 11 is 0. The van der Waals surface area contributed by atoms with Crippen LogP contribution in [0.25, 0.3) is 0 Å². The standard InChI is InChI=1S/C15H12N4O4/c20-9-6-11-19-7-8(2-3-10-16-4-1-5-17-10)15(22)18-14(19)12(21)13(9)23-11/h1,4-5,7,9,11,13,20-21H,6H2,(H,18,22). The minimum Gasteiger partial charge on any atom is -0.506 e. The van der Waals surface area contributed by atoms with Crippen LogP contribution in [0.3, 0.4) is 0 Å². The number of carbonyl (C=O) groups excluding carboxylic acids is 1. The van der Waals surface area contributed by atoms with Crippen molar-refractivity contribution in [2.45, 2.75) is 24.9 Å². The summed E-state index contributed by atoms with van der Waals surface area (Å²) in [6.45, 7) is 0. The van der Waals surface area contributed by atoms with Crippen molar-refractivity contribution in [3.05, 3.63) is 47.6 Å². The van der Waals surface area contributed by atoms with Gasteiger partial charge in [-0.05, 0) is 12.0 Å². The number of hydrogen-bond donors (Lipinski definition) is 3. The van der Waals surface area contributed by atoms with Crippen LogP contribution in [0.2, 0.25) is 0 Å². The number of aliphatic hydroxyl groups excluding tert-OH is 2. The molecule has 4 heterocycles. The summed E-state index contributed by atoms with van der Waals surface area (Å²) in [5.41, 5.74) is 0.192. The van der Waals surface area contributed by atoms with Crippen LogP contribution in [0.15, 0.2) is 41.8 Å². The van der Waals surface area contributed by atoms with E-state index >= 15 is 0 Å². The van der Waals surface area contributed by atoms with Gasteiger partial charge in [0.25, 0.3) is 5.91 Å². The third-order valence-corrected chi connectivity index (χ3v) is 3.80. The van der Waals surface area contributed by atoms with Crippen LogP contribution in [0.4, 0.5) is 0 Å². The van der Waals surface area contributed by atoms with Gasteiger partial charge in [0, 0.05) is 25.0 Å². The Morgan fingerprint density at radius 1 is 1.35 bits per heavy atom. The summed E-state index contributed by atoms with van der Waals surface area (Å²) < 4.78 is 5.54. The molecule has 1 saturated heterocycles. The van der Waals surface area contributed by atoms with Gasteiger partial charge in [-0.25, -0.2) is 9.97 Å². The number of ether oxygens (including phenoxy) is 1. The highest BCUT2D eigenvalue weighted by atomic mass is 16.5. The lowest BCUT2D eigenvalue weighted by Crippen LogP contribution is -2.47. The third-order valence-electron chi connectivity index (χ3n) is 3.80. The predicted molar refractivity (Wildman–Crippen MR) is 75.9 cm³/mol. The molecule has 0 aromatic carbocycles. The number of fused-ring (bicyclic) bond motifs is 4. The molecule has 8 heteroatoms. The molecule has 1 aromatic heterocycles. The van der Waals surface area contributed by atoms with Gasteiger partial charge in [-0.3, -0.25) is 4.79 Å². The fourth-order valence-electron chi connectivity index (χ4n) is 2.71. The van der Waals surface area contributed by atoms with Gasteiger partial charge in [0.15, 0.2) is 11.6 Å². The summed E-state index contributed by atoms with van der Waals surface area (Å²) in [5, 5.41) is 22.6. The van der Waals surface area contributed by atoms with Crippen molar-refractivity contribution in [1.29, 1.82) is 0 Å². The van der Waals surface area contributed by atoms with Crippen molar-refractivity contribution in [3.63, 3.8) is 0 Å². The van der Waals surface area contributed by atoms with Gasteiger partial charge >= 0.3 is 0 Å². The van der Waals surface area contributed by atoms with Crippen LogP contribution in [0, 0.1) is 11.8 Å². The predicted octanol–water partition coefficient (Wildman–Crippen LogP) is -0.640. The Bertz CT molecular complexity index is 793. The second-order valence-corrected chi connectivity index (χ2v) is 5.27. The maximum absolute atomic E-state index is 12.1. The number of hydrogen-bond acceptors (Lipinski definition) is 7. The number of rotatable bonds is 0. The first-order valence-corrected chi connectivity index (χ1v) is 7.00. The van der Waals surface area contributed by atoms with Crippen molar-refractivity contribution >= 4 is 5.91 Å². The first kappa shape index (κ1) is 13.8. The molecular formula is C15H12N4O4. The number of nitrogens with one attached hydrogen (secondary N) is 1. The highest BCUT2D eigenvalue weighted by molar-refractivity contribution is 5.99. The van der Waals surface area contributed by atoms with Gasteiger partial charge in [-0.15, -0.1) is 0 Å². The first-order chi connectivity index (χ1) is 11.1. The average Bonchev–Trinajstić information content (AvgIpc) is 2.91. The maximum Gasteiger partial charge on any atom is 0.266 e. The van der Waals surface area contributed by atoms with Gasteiger partial charge < -0.3 is 25.2 Å². The fraction of sp³-hybridized carbons (Fsp3) is 0.267. The summed E-state index contributed by atoms with van der Waals surface area (Å²) in [6, 6.07) is 1.67. The summed E-state index contributed by atoms with van der Waals surface area (Å²) in [6.07, 6.45) is 2.88. The highest BCUT2D eigenvalue weighted by Gasteiger charge is 2.47. The van der Waals surface area contributed by atoms with E-state index in [0.29, 0.717) is 12.2 Å². The summed E-state index contributed by atoms with van der Waals surface area (Å²) in [4.78, 5) is 21.6. The van der Waals surface area contributed by atoms with Crippen LogP contribution in [0.1, 0.15) is 12.2 Å². The molecule has 3 aliphatic heterocycles. The Morgan fingerprint density at radius 2 is 2.13 bits per heavy atom. The number of aromatic nitrogens is 2. The summed E-state index contributed by atoms with van der Waals surface area (Å²) in [7, 11) is 0. The molecule has 116 valence electrons. The lowest BCUT2D eigenvalue weighted by atomic mass is 10.1. The minimum atomic E-state index is -0.810. The molecular weight excluding hydrogens is 300 g/mol. The van der Waals surface area contributed by atoms with Crippen molar-refractivity contribution < 1.29 is 19.7 Å². The van der Waals surface area contributed by atoms with Crippen molar-refractivity contribution in [1.82, 2.24) is 20.2 Å². The smallest absolute Gasteiger partial charge is 0.266 e. The fourth-order valence-corrected chi connectivity index (χ4v) is 2.71. The Balaban J connectivity index is 1.69. The van der Waals surface area contributed by atoms with Crippen LogP contribution >= 0.6 is 0 Å². The van der Waals surface area contributed by atoms with Crippen molar-refractivity contribution in [2.75, 3.05) is 0 Å². The molecule has 3 N–H and O–H groups in total. The molecule has 0 saturated carbocycles. The Hall–Kier alpha value is -2.89. The van der Waals surface area contributed by atoms with Gasteiger partial charge in [0.2, 0.25) is 5.82 Å². The SMILES string of the molecule is O=C1NC2=C(O)C3OC(CC3O)N2C=C1C#Cc1ncccn1. The summed E-state index contributed by atoms with van der Waals surface area (Å²) in [5.74, 6) is 5.33. The number of amides is 1. The van der Waals surface area contributed by atoms with Gasteiger partial charge in [0.05, 0.1) is 6.10 Å². The zero-order chi connectivity index (χ0) is 16.0. The second kappa shape index (κ2) is 5.08. The zero-order valence-corrected chi connectivity index (χ0v) is 11.8. The number of nitrogens with zero attached hydrogens (tertiary/aromatic N) is 3. The Kier molecular flexibility index (Phi) is 3.04. The van der Waals surface area contributed by atoms with E-state index in [0.717, 1.165) is 0 Å². The van der Waals surface area contributed by atoms with Crippen LogP contribution in [-0.4, -0.2) is 49.4 Å². The van der Waals surface area contributed by atoms with E-state index < -0.39 is 24.3 Å². The van der Waals surface area contributed by atoms with E-state index in [4.69, 9.17) is 4.74 Å². The third kappa shape index (κ3) is 2.23. The zero-order valence-electron chi connectivity index (χ0n) is 11.8. The van der Waals surface area contributed by atoms with Gasteiger partial charge in [-0.1, -0.05) is 5.92 Å². The van der Waals surface area contributed by atoms with Crippen molar-refractivity contribution in [3.8, 4) is 11.8 Å². The molecule has 3 unspecified atom stereocenters. The lowest BCUT2D eigenvalue weighted by Gasteiger charge is -2.36. The topological polar surface area (TPSA) is 108 Å². The number of aliphatic hydroxyl groups is 2. The van der Waals surface area contributed by atoms with E-state index in [1.165, 1.54) is 6.20 Å². The van der Waals surface area contributed by atoms with E-state index in [2.05, 4.69) is 27.1 Å². The molecule has 0 aliphatic carbocycles. The molecule has 1 aromatic rings. The maximum atomic E-state index is 12.1. The molecule has 1 amide bonds. The van der Waals surface area contributed by atoms with E-state index in [1.54, 1.807) is 23.4 Å². The molecule has 1 fully saturated rings. The Labute approximate surface area is 131 Å². The van der Waals surface area contributed by atoms with Gasteiger partial charge in [-0.2, -0.15) is 0 Å². The number of carbonyl (C=O) groups is 1. The quantitative estimate of drug-likeness (QED) is 0.547. The normalized spacial score (nSPS) is 28.6. The molecule has 3 atom stereocenters. The lowest BCUT2D eigenvalue weighted by molar-refractivity contribution is -0.119.